The van der Waals surface area contributed by atoms with Crippen LogP contribution in [0, 0.1) is 27.7 Å². The Labute approximate surface area is 112 Å². The highest BCUT2D eigenvalue weighted by molar-refractivity contribution is 6.30. The molecule has 0 saturated carbocycles. The Balaban J connectivity index is 2.43. The van der Waals surface area contributed by atoms with Gasteiger partial charge in [-0.05, 0) is 44.9 Å². The monoisotopic (exact) mass is 262 g/mol. The van der Waals surface area contributed by atoms with Gasteiger partial charge in [-0.3, -0.25) is 0 Å². The van der Waals surface area contributed by atoms with E-state index in [-0.39, 0.29) is 0 Å². The molecule has 4 heteroatoms. The number of hydrogen-bond acceptors (Lipinski definition) is 3. The normalized spacial score (nSPS) is 10.5. The molecule has 0 N–H and O–H groups in total. The summed E-state index contributed by atoms with van der Waals surface area (Å²) in [4.78, 5) is 8.37. The molecule has 0 aliphatic rings. The molecule has 2 aromatic rings. The smallest absolute Gasteiger partial charge is 0.226 e. The standard InChI is InChI=1S/C14H15ClN2O/c1-8-5-6-9(2)12(7-8)18-14-10(3)13(15)16-11(4)17-14/h5-7H,1-4H3. The van der Waals surface area contributed by atoms with Gasteiger partial charge in [0.15, 0.2) is 0 Å². The minimum Gasteiger partial charge on any atom is -0.438 e. The zero-order valence-corrected chi connectivity index (χ0v) is 11.7. The lowest BCUT2D eigenvalue weighted by Crippen LogP contribution is -1.98. The van der Waals surface area contributed by atoms with Crippen LogP contribution in [0.2, 0.25) is 5.15 Å². The number of hydrogen-bond donors (Lipinski definition) is 0. The Hall–Kier alpha value is -1.61. The summed E-state index contributed by atoms with van der Waals surface area (Å²) in [5, 5.41) is 0.433. The molecule has 0 atom stereocenters. The minimum absolute atomic E-state index is 0.433. The van der Waals surface area contributed by atoms with Gasteiger partial charge in [0, 0.05) is 5.56 Å². The number of aryl methyl sites for hydroxylation is 3. The number of nitrogens with zero attached hydrogens (tertiary/aromatic N) is 2. The van der Waals surface area contributed by atoms with E-state index < -0.39 is 0 Å². The van der Waals surface area contributed by atoms with Crippen molar-refractivity contribution in [2.45, 2.75) is 27.7 Å². The first-order valence-electron chi connectivity index (χ1n) is 5.73. The molecule has 1 heterocycles. The third-order valence-corrected chi connectivity index (χ3v) is 3.07. The van der Waals surface area contributed by atoms with Gasteiger partial charge in [0.05, 0.1) is 0 Å². The van der Waals surface area contributed by atoms with Crippen LogP contribution in [-0.2, 0) is 0 Å². The average molecular weight is 263 g/mol. The summed E-state index contributed by atoms with van der Waals surface area (Å²) in [6, 6.07) is 6.06. The van der Waals surface area contributed by atoms with Crippen molar-refractivity contribution in [2.75, 3.05) is 0 Å². The van der Waals surface area contributed by atoms with E-state index in [1.807, 2.05) is 39.0 Å². The van der Waals surface area contributed by atoms with E-state index in [9.17, 15) is 0 Å². The van der Waals surface area contributed by atoms with Crippen molar-refractivity contribution in [3.8, 4) is 11.6 Å². The highest BCUT2D eigenvalue weighted by Gasteiger charge is 2.11. The van der Waals surface area contributed by atoms with Crippen LogP contribution in [0.3, 0.4) is 0 Å². The molecule has 2 rings (SSSR count). The van der Waals surface area contributed by atoms with Gasteiger partial charge < -0.3 is 4.74 Å². The molecular weight excluding hydrogens is 248 g/mol. The van der Waals surface area contributed by atoms with Crippen LogP contribution < -0.4 is 4.74 Å². The summed E-state index contributed by atoms with van der Waals surface area (Å²) in [7, 11) is 0. The number of benzene rings is 1. The van der Waals surface area contributed by atoms with E-state index in [1.165, 1.54) is 0 Å². The lowest BCUT2D eigenvalue weighted by molar-refractivity contribution is 0.452. The maximum absolute atomic E-state index is 6.03. The summed E-state index contributed by atoms with van der Waals surface area (Å²) in [5.74, 6) is 1.92. The second-order valence-corrected chi connectivity index (χ2v) is 4.72. The third kappa shape index (κ3) is 2.62. The molecule has 0 radical (unpaired) electrons. The van der Waals surface area contributed by atoms with Gasteiger partial charge in [-0.2, -0.15) is 4.98 Å². The van der Waals surface area contributed by atoms with E-state index >= 15 is 0 Å². The molecule has 94 valence electrons. The predicted molar refractivity (Wildman–Crippen MR) is 72.5 cm³/mol. The number of rotatable bonds is 2. The summed E-state index contributed by atoms with van der Waals surface area (Å²) in [6.45, 7) is 7.67. The molecule has 18 heavy (non-hydrogen) atoms. The van der Waals surface area contributed by atoms with Crippen LogP contribution in [0.25, 0.3) is 0 Å². The molecule has 0 bridgehead atoms. The molecule has 3 nitrogen and oxygen atoms in total. The third-order valence-electron chi connectivity index (χ3n) is 2.70. The first-order valence-corrected chi connectivity index (χ1v) is 6.11. The molecule has 0 aliphatic carbocycles. The summed E-state index contributed by atoms with van der Waals surface area (Å²) in [5.41, 5.74) is 2.96. The van der Waals surface area contributed by atoms with Crippen molar-refractivity contribution in [1.82, 2.24) is 9.97 Å². The second-order valence-electron chi connectivity index (χ2n) is 4.36. The van der Waals surface area contributed by atoms with E-state index in [4.69, 9.17) is 16.3 Å². The molecule has 0 amide bonds. The van der Waals surface area contributed by atoms with Gasteiger partial charge in [0.2, 0.25) is 5.88 Å². The maximum Gasteiger partial charge on any atom is 0.226 e. The molecule has 0 unspecified atom stereocenters. The highest BCUT2D eigenvalue weighted by atomic mass is 35.5. The predicted octanol–water partition coefficient (Wildman–Crippen LogP) is 4.16. The lowest BCUT2D eigenvalue weighted by Gasteiger charge is -2.11. The quantitative estimate of drug-likeness (QED) is 0.763. The van der Waals surface area contributed by atoms with E-state index in [2.05, 4.69) is 9.97 Å². The fraction of sp³-hybridized carbons (Fsp3) is 0.286. The first-order chi connectivity index (χ1) is 8.47. The Morgan fingerprint density at radius 2 is 1.78 bits per heavy atom. The fourth-order valence-corrected chi connectivity index (χ4v) is 1.79. The number of ether oxygens (including phenoxy) is 1. The average Bonchev–Trinajstić information content (AvgIpc) is 2.30. The molecule has 0 aliphatic heterocycles. The van der Waals surface area contributed by atoms with E-state index in [0.29, 0.717) is 16.9 Å². The van der Waals surface area contributed by atoms with Crippen molar-refractivity contribution in [1.29, 1.82) is 0 Å². The largest absolute Gasteiger partial charge is 0.438 e. The molecule has 0 fully saturated rings. The van der Waals surface area contributed by atoms with Gasteiger partial charge in [0.25, 0.3) is 0 Å². The fourth-order valence-electron chi connectivity index (χ4n) is 1.59. The maximum atomic E-state index is 6.03. The molecule has 0 spiro atoms. The van der Waals surface area contributed by atoms with Crippen molar-refractivity contribution < 1.29 is 4.74 Å². The van der Waals surface area contributed by atoms with Crippen molar-refractivity contribution in [2.24, 2.45) is 0 Å². The Kier molecular flexibility index (Phi) is 3.53. The van der Waals surface area contributed by atoms with Gasteiger partial charge in [-0.1, -0.05) is 23.7 Å². The highest BCUT2D eigenvalue weighted by Crippen LogP contribution is 2.29. The topological polar surface area (TPSA) is 35.0 Å². The van der Waals surface area contributed by atoms with E-state index in [0.717, 1.165) is 22.4 Å². The summed E-state index contributed by atoms with van der Waals surface area (Å²) < 4.78 is 5.85. The van der Waals surface area contributed by atoms with Crippen LogP contribution in [-0.4, -0.2) is 9.97 Å². The van der Waals surface area contributed by atoms with Crippen LogP contribution in [0.1, 0.15) is 22.5 Å². The van der Waals surface area contributed by atoms with Crippen molar-refractivity contribution >= 4 is 11.6 Å². The Morgan fingerprint density at radius 3 is 2.50 bits per heavy atom. The minimum atomic E-state index is 0.433. The SMILES string of the molecule is Cc1ccc(C)c(Oc2nc(C)nc(Cl)c2C)c1. The molecule has 1 aromatic heterocycles. The van der Waals surface area contributed by atoms with Crippen molar-refractivity contribution in [3.63, 3.8) is 0 Å². The molecular formula is C14H15ClN2O. The van der Waals surface area contributed by atoms with Crippen LogP contribution in [0.4, 0.5) is 0 Å². The van der Waals surface area contributed by atoms with E-state index in [1.54, 1.807) is 6.92 Å². The molecule has 0 saturated heterocycles. The van der Waals surface area contributed by atoms with Gasteiger partial charge in [0.1, 0.15) is 16.7 Å². The zero-order valence-electron chi connectivity index (χ0n) is 10.9. The Bertz CT molecular complexity index is 597. The van der Waals surface area contributed by atoms with Crippen LogP contribution in [0.15, 0.2) is 18.2 Å². The lowest BCUT2D eigenvalue weighted by atomic mass is 10.1. The first kappa shape index (κ1) is 12.8. The zero-order chi connectivity index (χ0) is 13.3. The van der Waals surface area contributed by atoms with Gasteiger partial charge >= 0.3 is 0 Å². The number of aromatic nitrogens is 2. The summed E-state index contributed by atoms with van der Waals surface area (Å²) >= 11 is 6.03. The van der Waals surface area contributed by atoms with Crippen LogP contribution >= 0.6 is 11.6 Å². The van der Waals surface area contributed by atoms with Gasteiger partial charge in [-0.15, -0.1) is 0 Å². The van der Waals surface area contributed by atoms with Gasteiger partial charge in [-0.25, -0.2) is 4.98 Å². The van der Waals surface area contributed by atoms with Crippen molar-refractivity contribution in [3.05, 3.63) is 45.9 Å². The molecule has 1 aromatic carbocycles. The van der Waals surface area contributed by atoms with Crippen LogP contribution in [0.5, 0.6) is 11.6 Å². The Morgan fingerprint density at radius 1 is 1.06 bits per heavy atom. The second kappa shape index (κ2) is 4.94. The number of halogens is 1. The summed E-state index contributed by atoms with van der Waals surface area (Å²) in [6.07, 6.45) is 0.